The molecular formula is C13H27NO4. The maximum atomic E-state index is 5.50. The molecule has 2 unspecified atom stereocenters. The minimum Gasteiger partial charge on any atom is -0.382 e. The van der Waals surface area contributed by atoms with Gasteiger partial charge in [-0.2, -0.15) is 0 Å². The number of ether oxygens (including phenoxy) is 4. The topological polar surface area (TPSA) is 49.0 Å². The minimum absolute atomic E-state index is 0.381. The third kappa shape index (κ3) is 8.00. The van der Waals surface area contributed by atoms with Gasteiger partial charge in [-0.05, 0) is 19.8 Å². The molecule has 1 fully saturated rings. The summed E-state index contributed by atoms with van der Waals surface area (Å²) in [5, 5.41) is 3.50. The summed E-state index contributed by atoms with van der Waals surface area (Å²) in [5.41, 5.74) is 0. The van der Waals surface area contributed by atoms with Gasteiger partial charge in [0.15, 0.2) is 0 Å². The van der Waals surface area contributed by atoms with E-state index in [9.17, 15) is 0 Å². The van der Waals surface area contributed by atoms with Gasteiger partial charge in [-0.15, -0.1) is 0 Å². The lowest BCUT2D eigenvalue weighted by atomic mass is 10.0. The zero-order valence-corrected chi connectivity index (χ0v) is 11.7. The first-order chi connectivity index (χ1) is 8.83. The van der Waals surface area contributed by atoms with Crippen LogP contribution in [-0.4, -0.2) is 65.4 Å². The highest BCUT2D eigenvalue weighted by atomic mass is 16.5. The lowest BCUT2D eigenvalue weighted by Crippen LogP contribution is -2.39. The second kappa shape index (κ2) is 10.7. The van der Waals surface area contributed by atoms with Gasteiger partial charge < -0.3 is 24.3 Å². The summed E-state index contributed by atoms with van der Waals surface area (Å²) in [6.07, 6.45) is 2.58. The molecule has 2 atom stereocenters. The second-order valence-corrected chi connectivity index (χ2v) is 4.57. The van der Waals surface area contributed by atoms with E-state index in [1.54, 1.807) is 7.11 Å². The average molecular weight is 261 g/mol. The molecule has 18 heavy (non-hydrogen) atoms. The first-order valence-corrected chi connectivity index (χ1v) is 6.82. The van der Waals surface area contributed by atoms with E-state index in [2.05, 4.69) is 12.2 Å². The fourth-order valence-electron chi connectivity index (χ4n) is 1.98. The van der Waals surface area contributed by atoms with Gasteiger partial charge in [0.05, 0.1) is 39.1 Å². The van der Waals surface area contributed by atoms with E-state index in [0.29, 0.717) is 38.6 Å². The molecule has 0 bridgehead atoms. The molecule has 0 aromatic carbocycles. The number of hydrogen-bond acceptors (Lipinski definition) is 5. The molecule has 1 saturated heterocycles. The van der Waals surface area contributed by atoms with Crippen LogP contribution in [-0.2, 0) is 18.9 Å². The average Bonchev–Trinajstić information content (AvgIpc) is 2.37. The Bertz CT molecular complexity index is 192. The zero-order chi connectivity index (χ0) is 13.1. The molecule has 0 aromatic heterocycles. The number of methoxy groups -OCH3 is 1. The monoisotopic (exact) mass is 261 g/mol. The van der Waals surface area contributed by atoms with Gasteiger partial charge in [0.1, 0.15) is 0 Å². The minimum atomic E-state index is 0.381. The molecule has 5 heteroatoms. The first-order valence-electron chi connectivity index (χ1n) is 6.82. The van der Waals surface area contributed by atoms with Crippen LogP contribution in [0.15, 0.2) is 0 Å². The van der Waals surface area contributed by atoms with Crippen LogP contribution in [0.3, 0.4) is 0 Å². The van der Waals surface area contributed by atoms with Crippen LogP contribution in [0.1, 0.15) is 19.8 Å². The Hall–Kier alpha value is -0.200. The van der Waals surface area contributed by atoms with Crippen molar-refractivity contribution in [3.8, 4) is 0 Å². The maximum Gasteiger partial charge on any atom is 0.0701 e. The van der Waals surface area contributed by atoms with Gasteiger partial charge in [0.2, 0.25) is 0 Å². The Morgan fingerprint density at radius 1 is 1.11 bits per heavy atom. The third-order valence-electron chi connectivity index (χ3n) is 2.97. The highest BCUT2D eigenvalue weighted by Crippen LogP contribution is 2.12. The number of nitrogens with one attached hydrogen (secondary N) is 1. The summed E-state index contributed by atoms with van der Waals surface area (Å²) in [6, 6.07) is 0.579. The molecule has 0 spiro atoms. The van der Waals surface area contributed by atoms with Crippen molar-refractivity contribution < 1.29 is 18.9 Å². The SMILES string of the molecule is COCCOCCOCCNC1CCOC(C)C1. The highest BCUT2D eigenvalue weighted by molar-refractivity contribution is 4.74. The van der Waals surface area contributed by atoms with Crippen molar-refractivity contribution in [2.75, 3.05) is 53.3 Å². The molecule has 0 radical (unpaired) electrons. The van der Waals surface area contributed by atoms with E-state index in [1.807, 2.05) is 0 Å². The normalized spacial score (nSPS) is 24.3. The summed E-state index contributed by atoms with van der Waals surface area (Å²) in [6.45, 7) is 7.19. The summed E-state index contributed by atoms with van der Waals surface area (Å²) in [7, 11) is 1.67. The van der Waals surface area contributed by atoms with Crippen molar-refractivity contribution in [1.82, 2.24) is 5.32 Å². The zero-order valence-electron chi connectivity index (χ0n) is 11.7. The van der Waals surface area contributed by atoms with Gasteiger partial charge in [0.25, 0.3) is 0 Å². The van der Waals surface area contributed by atoms with Crippen molar-refractivity contribution in [3.63, 3.8) is 0 Å². The van der Waals surface area contributed by atoms with Gasteiger partial charge in [-0.3, -0.25) is 0 Å². The summed E-state index contributed by atoms with van der Waals surface area (Å²) in [5.74, 6) is 0. The molecule has 1 aliphatic heterocycles. The van der Waals surface area contributed by atoms with Gasteiger partial charge in [-0.25, -0.2) is 0 Å². The summed E-state index contributed by atoms with van der Waals surface area (Å²) < 4.78 is 21.1. The Morgan fingerprint density at radius 3 is 2.56 bits per heavy atom. The largest absolute Gasteiger partial charge is 0.382 e. The van der Waals surface area contributed by atoms with Crippen LogP contribution in [0.4, 0.5) is 0 Å². The molecule has 108 valence electrons. The van der Waals surface area contributed by atoms with Crippen molar-refractivity contribution in [2.45, 2.75) is 31.9 Å². The lowest BCUT2D eigenvalue weighted by Gasteiger charge is -2.28. The molecular weight excluding hydrogens is 234 g/mol. The Labute approximate surface area is 110 Å². The van der Waals surface area contributed by atoms with Crippen molar-refractivity contribution in [3.05, 3.63) is 0 Å². The van der Waals surface area contributed by atoms with Crippen LogP contribution < -0.4 is 5.32 Å². The Morgan fingerprint density at radius 2 is 1.83 bits per heavy atom. The number of rotatable bonds is 10. The summed E-state index contributed by atoms with van der Waals surface area (Å²) in [4.78, 5) is 0. The fourth-order valence-corrected chi connectivity index (χ4v) is 1.98. The molecule has 1 N–H and O–H groups in total. The van der Waals surface area contributed by atoms with Crippen LogP contribution in [0.25, 0.3) is 0 Å². The van der Waals surface area contributed by atoms with E-state index < -0.39 is 0 Å². The second-order valence-electron chi connectivity index (χ2n) is 4.57. The van der Waals surface area contributed by atoms with Crippen molar-refractivity contribution in [2.24, 2.45) is 0 Å². The molecule has 5 nitrogen and oxygen atoms in total. The van der Waals surface area contributed by atoms with E-state index >= 15 is 0 Å². The van der Waals surface area contributed by atoms with Crippen LogP contribution in [0.2, 0.25) is 0 Å². The smallest absolute Gasteiger partial charge is 0.0701 e. The van der Waals surface area contributed by atoms with Crippen LogP contribution in [0, 0.1) is 0 Å². The van der Waals surface area contributed by atoms with Crippen LogP contribution in [0.5, 0.6) is 0 Å². The molecule has 1 heterocycles. The predicted molar refractivity (Wildman–Crippen MR) is 70.0 cm³/mol. The number of hydrogen-bond donors (Lipinski definition) is 1. The van der Waals surface area contributed by atoms with Crippen molar-refractivity contribution >= 4 is 0 Å². The van der Waals surface area contributed by atoms with Gasteiger partial charge >= 0.3 is 0 Å². The molecule has 0 aromatic rings. The van der Waals surface area contributed by atoms with Gasteiger partial charge in [0, 0.05) is 26.3 Å². The Kier molecular flexibility index (Phi) is 9.42. The van der Waals surface area contributed by atoms with E-state index in [-0.39, 0.29) is 0 Å². The van der Waals surface area contributed by atoms with Gasteiger partial charge in [-0.1, -0.05) is 0 Å². The quantitative estimate of drug-likeness (QED) is 0.590. The summed E-state index contributed by atoms with van der Waals surface area (Å²) >= 11 is 0. The molecule has 0 saturated carbocycles. The molecule has 0 amide bonds. The van der Waals surface area contributed by atoms with E-state index in [1.165, 1.54) is 0 Å². The third-order valence-corrected chi connectivity index (χ3v) is 2.97. The highest BCUT2D eigenvalue weighted by Gasteiger charge is 2.18. The maximum absolute atomic E-state index is 5.50. The molecule has 1 aliphatic rings. The fraction of sp³-hybridized carbons (Fsp3) is 1.00. The van der Waals surface area contributed by atoms with E-state index in [4.69, 9.17) is 18.9 Å². The Balaban J connectivity index is 1.80. The molecule has 0 aliphatic carbocycles. The lowest BCUT2D eigenvalue weighted by molar-refractivity contribution is 0.00828. The predicted octanol–water partition coefficient (Wildman–Crippen LogP) is 0.823. The molecule has 1 rings (SSSR count). The van der Waals surface area contributed by atoms with E-state index in [0.717, 1.165) is 32.6 Å². The first kappa shape index (κ1) is 15.9. The van der Waals surface area contributed by atoms with Crippen molar-refractivity contribution in [1.29, 1.82) is 0 Å². The standard InChI is InChI=1S/C13H27NO4/c1-12-11-13(3-5-18-12)14-4-6-16-9-10-17-8-7-15-2/h12-14H,3-11H2,1-2H3. The van der Waals surface area contributed by atoms with Crippen LogP contribution >= 0.6 is 0 Å².